The van der Waals surface area contributed by atoms with Gasteiger partial charge in [-0.15, -0.1) is 0 Å². The fourth-order valence-corrected chi connectivity index (χ4v) is 4.60. The zero-order chi connectivity index (χ0) is 18.7. The Bertz CT molecular complexity index is 1030. The van der Waals surface area contributed by atoms with E-state index in [1.54, 1.807) is 0 Å². The second-order valence-corrected chi connectivity index (χ2v) is 8.42. The molecule has 7 heteroatoms. The van der Waals surface area contributed by atoms with Gasteiger partial charge in [-0.05, 0) is 41.0 Å². The van der Waals surface area contributed by atoms with Crippen LogP contribution in [0.5, 0.6) is 0 Å². The Morgan fingerprint density at radius 1 is 1.00 bits per heavy atom. The lowest BCUT2D eigenvalue weighted by Gasteiger charge is -2.15. The Hall–Kier alpha value is -1.63. The number of rotatable bonds is 6. The van der Waals surface area contributed by atoms with Crippen molar-refractivity contribution in [1.29, 1.82) is 0 Å². The minimum Gasteiger partial charge on any atom is -0.388 e. The van der Waals surface area contributed by atoms with Crippen molar-refractivity contribution in [1.82, 2.24) is 4.72 Å². The maximum absolute atomic E-state index is 12.4. The summed E-state index contributed by atoms with van der Waals surface area (Å²) in [5.74, 6) is 0. The average molecular weight is 410 g/mol. The van der Waals surface area contributed by atoms with Crippen LogP contribution in [0, 0.1) is 0 Å². The lowest BCUT2D eigenvalue weighted by atomic mass is 9.99. The molecule has 0 aromatic heterocycles. The Morgan fingerprint density at radius 2 is 1.73 bits per heavy atom. The summed E-state index contributed by atoms with van der Waals surface area (Å²) < 4.78 is 27.3. The maximum atomic E-state index is 12.4. The van der Waals surface area contributed by atoms with Gasteiger partial charge in [0, 0.05) is 11.6 Å². The van der Waals surface area contributed by atoms with Gasteiger partial charge in [0.2, 0.25) is 10.0 Å². The van der Waals surface area contributed by atoms with Crippen molar-refractivity contribution in [3.63, 3.8) is 0 Å². The largest absolute Gasteiger partial charge is 0.388 e. The summed E-state index contributed by atoms with van der Waals surface area (Å²) in [7, 11) is -3.81. The summed E-state index contributed by atoms with van der Waals surface area (Å²) in [5, 5.41) is 12.9. The van der Waals surface area contributed by atoms with E-state index in [4.69, 9.17) is 23.2 Å². The van der Waals surface area contributed by atoms with Gasteiger partial charge in [-0.3, -0.25) is 0 Å². The quantitative estimate of drug-likeness (QED) is 0.627. The van der Waals surface area contributed by atoms with Gasteiger partial charge >= 0.3 is 0 Å². The number of aliphatic hydroxyl groups excluding tert-OH is 1. The zero-order valence-corrected chi connectivity index (χ0v) is 16.0. The molecule has 0 aliphatic rings. The van der Waals surface area contributed by atoms with E-state index in [1.807, 2.05) is 42.5 Å². The minimum atomic E-state index is -3.81. The number of nitrogens with one attached hydrogen (secondary N) is 1. The van der Waals surface area contributed by atoms with Gasteiger partial charge in [-0.25, -0.2) is 13.1 Å². The minimum absolute atomic E-state index is 0.0650. The molecule has 4 nitrogen and oxygen atoms in total. The molecular weight excluding hydrogens is 393 g/mol. The molecule has 3 aromatic carbocycles. The molecule has 0 radical (unpaired) electrons. The standard InChI is InChI=1S/C19H17Cl2NO3S/c20-14-8-9-17(21)19(12-14)26(24,25)22-11-10-18(23)16-7-3-5-13-4-1-2-6-15(13)16/h1-9,12,18,22-23H,10-11H2. The van der Waals surface area contributed by atoms with Crippen LogP contribution in [0.2, 0.25) is 10.0 Å². The average Bonchev–Trinajstić information content (AvgIpc) is 2.63. The van der Waals surface area contributed by atoms with Crippen LogP contribution in [0.25, 0.3) is 10.8 Å². The zero-order valence-electron chi connectivity index (χ0n) is 13.7. The lowest BCUT2D eigenvalue weighted by molar-refractivity contribution is 0.170. The van der Waals surface area contributed by atoms with Gasteiger partial charge in [-0.2, -0.15) is 0 Å². The third-order valence-corrected chi connectivity index (χ3v) is 6.25. The first-order valence-electron chi connectivity index (χ1n) is 7.99. The number of hydrogen-bond donors (Lipinski definition) is 2. The molecule has 2 N–H and O–H groups in total. The van der Waals surface area contributed by atoms with E-state index in [0.717, 1.165) is 16.3 Å². The molecule has 1 atom stereocenters. The highest BCUT2D eigenvalue weighted by molar-refractivity contribution is 7.89. The SMILES string of the molecule is O=S(=O)(NCCC(O)c1cccc2ccccc12)c1cc(Cl)ccc1Cl. The normalized spacial score (nSPS) is 13.0. The molecular formula is C19H17Cl2NO3S. The fraction of sp³-hybridized carbons (Fsp3) is 0.158. The molecule has 3 rings (SSSR count). The molecule has 0 amide bonds. The van der Waals surface area contributed by atoms with Gasteiger partial charge in [0.05, 0.1) is 11.1 Å². The summed E-state index contributed by atoms with van der Waals surface area (Å²) in [4.78, 5) is -0.0775. The molecule has 26 heavy (non-hydrogen) atoms. The monoisotopic (exact) mass is 409 g/mol. The van der Waals surface area contributed by atoms with E-state index in [0.29, 0.717) is 0 Å². The molecule has 0 bridgehead atoms. The van der Waals surface area contributed by atoms with Crippen LogP contribution >= 0.6 is 23.2 Å². The van der Waals surface area contributed by atoms with Crippen LogP contribution in [0.15, 0.2) is 65.6 Å². The van der Waals surface area contributed by atoms with Crippen LogP contribution in [-0.4, -0.2) is 20.1 Å². The molecule has 1 unspecified atom stereocenters. The van der Waals surface area contributed by atoms with E-state index in [2.05, 4.69) is 4.72 Å². The summed E-state index contributed by atoms with van der Waals surface area (Å²) in [5.41, 5.74) is 0.767. The third kappa shape index (κ3) is 4.19. The highest BCUT2D eigenvalue weighted by Gasteiger charge is 2.19. The van der Waals surface area contributed by atoms with Crippen molar-refractivity contribution < 1.29 is 13.5 Å². The molecule has 0 fully saturated rings. The highest BCUT2D eigenvalue weighted by Crippen LogP contribution is 2.27. The Labute approximate surface area is 162 Å². The predicted octanol–water partition coefficient (Wildman–Crippen LogP) is 4.55. The van der Waals surface area contributed by atoms with E-state index >= 15 is 0 Å². The topological polar surface area (TPSA) is 66.4 Å². The first-order valence-corrected chi connectivity index (χ1v) is 10.2. The molecule has 0 aliphatic carbocycles. The van der Waals surface area contributed by atoms with Crippen LogP contribution in [0.3, 0.4) is 0 Å². The number of hydrogen-bond acceptors (Lipinski definition) is 3. The van der Waals surface area contributed by atoms with E-state index in [1.165, 1.54) is 18.2 Å². The molecule has 136 valence electrons. The summed E-state index contributed by atoms with van der Waals surface area (Å²) in [6.07, 6.45) is -0.565. The van der Waals surface area contributed by atoms with Crippen LogP contribution in [-0.2, 0) is 10.0 Å². The molecule has 0 saturated heterocycles. The number of aliphatic hydroxyl groups is 1. The number of halogens is 2. The number of benzene rings is 3. The van der Waals surface area contributed by atoms with Crippen molar-refractivity contribution in [2.75, 3.05) is 6.54 Å². The van der Waals surface area contributed by atoms with Crippen LogP contribution in [0.1, 0.15) is 18.1 Å². The first kappa shape index (κ1) is 19.1. The second-order valence-electron chi connectivity index (χ2n) is 5.85. The molecule has 0 heterocycles. The first-order chi connectivity index (χ1) is 12.4. The molecule has 0 aliphatic heterocycles. The van der Waals surface area contributed by atoms with E-state index in [9.17, 15) is 13.5 Å². The van der Waals surface area contributed by atoms with Gasteiger partial charge in [-0.1, -0.05) is 65.7 Å². The van der Waals surface area contributed by atoms with Gasteiger partial charge in [0.15, 0.2) is 0 Å². The van der Waals surface area contributed by atoms with Crippen molar-refractivity contribution in [3.8, 4) is 0 Å². The van der Waals surface area contributed by atoms with Crippen molar-refractivity contribution in [2.24, 2.45) is 0 Å². The van der Waals surface area contributed by atoms with Crippen LogP contribution in [0.4, 0.5) is 0 Å². The smallest absolute Gasteiger partial charge is 0.242 e. The van der Waals surface area contributed by atoms with Crippen LogP contribution < -0.4 is 4.72 Å². The van der Waals surface area contributed by atoms with Gasteiger partial charge in [0.1, 0.15) is 4.90 Å². The summed E-state index contributed by atoms with van der Waals surface area (Å²) in [6, 6.07) is 17.7. The summed E-state index contributed by atoms with van der Waals surface area (Å²) >= 11 is 11.8. The number of sulfonamides is 1. The maximum Gasteiger partial charge on any atom is 0.242 e. The number of fused-ring (bicyclic) bond motifs is 1. The highest BCUT2D eigenvalue weighted by atomic mass is 35.5. The van der Waals surface area contributed by atoms with Gasteiger partial charge in [0.25, 0.3) is 0 Å². The second kappa shape index (κ2) is 7.94. The van der Waals surface area contributed by atoms with E-state index < -0.39 is 16.1 Å². The summed E-state index contributed by atoms with van der Waals surface area (Å²) in [6.45, 7) is 0.0650. The van der Waals surface area contributed by atoms with Crippen molar-refractivity contribution in [3.05, 3.63) is 76.3 Å². The Kier molecular flexibility index (Phi) is 5.85. The lowest BCUT2D eigenvalue weighted by Crippen LogP contribution is -2.26. The predicted molar refractivity (Wildman–Crippen MR) is 105 cm³/mol. The Morgan fingerprint density at radius 3 is 2.54 bits per heavy atom. The van der Waals surface area contributed by atoms with Gasteiger partial charge < -0.3 is 5.11 Å². The third-order valence-electron chi connectivity index (χ3n) is 4.07. The fourth-order valence-electron chi connectivity index (χ4n) is 2.79. The Balaban J connectivity index is 1.72. The molecule has 0 spiro atoms. The molecule has 3 aromatic rings. The van der Waals surface area contributed by atoms with E-state index in [-0.39, 0.29) is 27.9 Å². The van der Waals surface area contributed by atoms with Crippen molar-refractivity contribution >= 4 is 44.0 Å². The van der Waals surface area contributed by atoms with Crippen molar-refractivity contribution in [2.45, 2.75) is 17.4 Å². The molecule has 0 saturated carbocycles.